The number of carbonyl (C=O) groups is 2. The summed E-state index contributed by atoms with van der Waals surface area (Å²) in [5, 5.41) is 14.8. The Morgan fingerprint density at radius 2 is 1.90 bits per heavy atom. The molecule has 3 rings (SSSR count). The van der Waals surface area contributed by atoms with Crippen LogP contribution < -0.4 is 10.6 Å². The second-order valence-electron chi connectivity index (χ2n) is 6.56. The molecule has 3 N–H and O–H groups in total. The molecule has 0 fully saturated rings. The molecular formula is C21H25N5O2S. The first-order chi connectivity index (χ1) is 14.0. The van der Waals surface area contributed by atoms with Crippen molar-refractivity contribution in [2.24, 2.45) is 0 Å². The van der Waals surface area contributed by atoms with Crippen LogP contribution in [0.2, 0.25) is 0 Å². The largest absolute Gasteiger partial charge is 0.344 e. The molecule has 7 nitrogen and oxygen atoms in total. The van der Waals surface area contributed by atoms with Crippen molar-refractivity contribution in [3.05, 3.63) is 59.1 Å². The standard InChI is InChI=1S/C21H25N5O2S/c1-4-26(5-2)21(28)23-16-10-8-15(9-11-16)14(3)22-20(27)18-13-17(24-25-18)19-7-6-12-29-19/h6-14H,4-5H2,1-3H3,(H,22,27)(H,23,28)(H,24,25). The first kappa shape index (κ1) is 20.6. The zero-order valence-electron chi connectivity index (χ0n) is 16.7. The van der Waals surface area contributed by atoms with E-state index in [0.717, 1.165) is 21.8 Å². The van der Waals surface area contributed by atoms with Crippen molar-refractivity contribution in [3.8, 4) is 10.6 Å². The van der Waals surface area contributed by atoms with E-state index in [2.05, 4.69) is 20.8 Å². The molecule has 1 unspecified atom stereocenters. The fourth-order valence-corrected chi connectivity index (χ4v) is 3.61. The van der Waals surface area contributed by atoms with Crippen LogP contribution in [-0.2, 0) is 0 Å². The highest BCUT2D eigenvalue weighted by molar-refractivity contribution is 7.13. The lowest BCUT2D eigenvalue weighted by molar-refractivity contribution is 0.0935. The lowest BCUT2D eigenvalue weighted by atomic mass is 10.1. The Balaban J connectivity index is 1.60. The summed E-state index contributed by atoms with van der Waals surface area (Å²) in [6, 6.07) is 12.8. The van der Waals surface area contributed by atoms with Gasteiger partial charge in [0.1, 0.15) is 0 Å². The molecule has 29 heavy (non-hydrogen) atoms. The van der Waals surface area contributed by atoms with E-state index in [1.165, 1.54) is 0 Å². The van der Waals surface area contributed by atoms with Gasteiger partial charge in [0.15, 0.2) is 5.69 Å². The summed E-state index contributed by atoms with van der Waals surface area (Å²) in [6.45, 7) is 7.11. The number of carbonyl (C=O) groups excluding carboxylic acids is 2. The number of hydrogen-bond acceptors (Lipinski definition) is 4. The number of thiophene rings is 1. The number of nitrogens with zero attached hydrogens (tertiary/aromatic N) is 2. The van der Waals surface area contributed by atoms with Crippen LogP contribution >= 0.6 is 11.3 Å². The molecule has 3 amide bonds. The quantitative estimate of drug-likeness (QED) is 0.534. The lowest BCUT2D eigenvalue weighted by Crippen LogP contribution is -2.34. The number of nitrogens with one attached hydrogen (secondary N) is 3. The second kappa shape index (κ2) is 9.38. The van der Waals surface area contributed by atoms with Crippen molar-refractivity contribution in [2.45, 2.75) is 26.8 Å². The predicted molar refractivity (Wildman–Crippen MR) is 116 cm³/mol. The number of H-pyrrole nitrogens is 1. The van der Waals surface area contributed by atoms with Crippen molar-refractivity contribution >= 4 is 29.0 Å². The lowest BCUT2D eigenvalue weighted by Gasteiger charge is -2.19. The third-order valence-electron chi connectivity index (χ3n) is 4.66. The number of aromatic amines is 1. The summed E-state index contributed by atoms with van der Waals surface area (Å²) in [4.78, 5) is 27.4. The monoisotopic (exact) mass is 411 g/mol. The van der Waals surface area contributed by atoms with Crippen LogP contribution in [0, 0.1) is 0 Å². The van der Waals surface area contributed by atoms with E-state index in [4.69, 9.17) is 0 Å². The molecule has 8 heteroatoms. The third kappa shape index (κ3) is 5.03. The van der Waals surface area contributed by atoms with E-state index in [0.29, 0.717) is 18.8 Å². The molecule has 1 atom stereocenters. The van der Waals surface area contributed by atoms with Gasteiger partial charge < -0.3 is 15.5 Å². The highest BCUT2D eigenvalue weighted by Crippen LogP contribution is 2.23. The molecule has 0 aliphatic rings. The average Bonchev–Trinajstić information content (AvgIpc) is 3.41. The number of rotatable bonds is 7. The van der Waals surface area contributed by atoms with Crippen molar-refractivity contribution in [3.63, 3.8) is 0 Å². The van der Waals surface area contributed by atoms with Gasteiger partial charge in [0.2, 0.25) is 0 Å². The fraction of sp³-hybridized carbons (Fsp3) is 0.286. The van der Waals surface area contributed by atoms with Crippen molar-refractivity contribution in [1.82, 2.24) is 20.4 Å². The second-order valence-corrected chi connectivity index (χ2v) is 7.51. The van der Waals surface area contributed by atoms with Crippen LogP contribution in [0.3, 0.4) is 0 Å². The summed E-state index contributed by atoms with van der Waals surface area (Å²) in [7, 11) is 0. The Labute approximate surface area is 174 Å². The molecule has 2 heterocycles. The molecule has 0 bridgehead atoms. The minimum absolute atomic E-state index is 0.121. The van der Waals surface area contributed by atoms with Crippen molar-refractivity contribution < 1.29 is 9.59 Å². The fourth-order valence-electron chi connectivity index (χ4n) is 2.92. The Morgan fingerprint density at radius 1 is 1.17 bits per heavy atom. The number of amides is 3. The highest BCUT2D eigenvalue weighted by Gasteiger charge is 2.16. The van der Waals surface area contributed by atoms with Crippen LogP contribution in [0.5, 0.6) is 0 Å². The third-order valence-corrected chi connectivity index (χ3v) is 5.56. The van der Waals surface area contributed by atoms with E-state index in [1.54, 1.807) is 22.3 Å². The number of aromatic nitrogens is 2. The maximum absolute atomic E-state index is 12.5. The molecule has 0 aliphatic heterocycles. The SMILES string of the molecule is CCN(CC)C(=O)Nc1ccc(C(C)NC(=O)c2cc(-c3cccs3)[nH]n2)cc1. The molecule has 0 spiro atoms. The predicted octanol–water partition coefficient (Wildman–Crippen LogP) is 4.50. The van der Waals surface area contributed by atoms with Crippen LogP contribution in [0.25, 0.3) is 10.6 Å². The van der Waals surface area contributed by atoms with Crippen LogP contribution in [0.1, 0.15) is 42.9 Å². The van der Waals surface area contributed by atoms with E-state index >= 15 is 0 Å². The van der Waals surface area contributed by atoms with Gasteiger partial charge in [-0.05, 0) is 56.0 Å². The van der Waals surface area contributed by atoms with E-state index in [1.807, 2.05) is 62.5 Å². The highest BCUT2D eigenvalue weighted by atomic mass is 32.1. The Hall–Kier alpha value is -3.13. The molecular weight excluding hydrogens is 386 g/mol. The number of urea groups is 1. The Kier molecular flexibility index (Phi) is 6.66. The molecule has 2 aromatic heterocycles. The van der Waals surface area contributed by atoms with E-state index in [-0.39, 0.29) is 18.0 Å². The maximum Gasteiger partial charge on any atom is 0.321 e. The van der Waals surface area contributed by atoms with Gasteiger partial charge in [0, 0.05) is 18.8 Å². The molecule has 152 valence electrons. The van der Waals surface area contributed by atoms with Gasteiger partial charge in [-0.2, -0.15) is 5.10 Å². The van der Waals surface area contributed by atoms with Gasteiger partial charge in [0.25, 0.3) is 5.91 Å². The number of anilines is 1. The zero-order valence-corrected chi connectivity index (χ0v) is 17.5. The first-order valence-electron chi connectivity index (χ1n) is 9.57. The molecule has 0 saturated heterocycles. The van der Waals surface area contributed by atoms with Gasteiger partial charge in [-0.1, -0.05) is 18.2 Å². The van der Waals surface area contributed by atoms with Crippen LogP contribution in [-0.4, -0.2) is 40.1 Å². The number of benzene rings is 1. The Bertz CT molecular complexity index is 946. The molecule has 0 aliphatic carbocycles. The van der Waals surface area contributed by atoms with Crippen molar-refractivity contribution in [1.29, 1.82) is 0 Å². The van der Waals surface area contributed by atoms with Gasteiger partial charge >= 0.3 is 6.03 Å². The summed E-state index contributed by atoms with van der Waals surface area (Å²) in [5.41, 5.74) is 2.83. The Morgan fingerprint density at radius 3 is 2.52 bits per heavy atom. The van der Waals surface area contributed by atoms with Gasteiger partial charge in [-0.3, -0.25) is 9.89 Å². The summed E-state index contributed by atoms with van der Waals surface area (Å²) in [5.74, 6) is -0.240. The molecule has 0 radical (unpaired) electrons. The maximum atomic E-state index is 12.5. The molecule has 0 saturated carbocycles. The van der Waals surface area contributed by atoms with E-state index < -0.39 is 0 Å². The molecule has 3 aromatic rings. The normalized spacial score (nSPS) is 11.7. The topological polar surface area (TPSA) is 90.1 Å². The van der Waals surface area contributed by atoms with Crippen molar-refractivity contribution in [2.75, 3.05) is 18.4 Å². The smallest absolute Gasteiger partial charge is 0.321 e. The van der Waals surface area contributed by atoms with Gasteiger partial charge in [-0.15, -0.1) is 11.3 Å². The summed E-state index contributed by atoms with van der Waals surface area (Å²) in [6.07, 6.45) is 0. The van der Waals surface area contributed by atoms with Crippen LogP contribution in [0.4, 0.5) is 10.5 Å². The van der Waals surface area contributed by atoms with Crippen LogP contribution in [0.15, 0.2) is 47.8 Å². The average molecular weight is 412 g/mol. The molecule has 1 aromatic carbocycles. The minimum atomic E-state index is -0.240. The summed E-state index contributed by atoms with van der Waals surface area (Å²) >= 11 is 1.59. The van der Waals surface area contributed by atoms with Gasteiger partial charge in [-0.25, -0.2) is 4.79 Å². The summed E-state index contributed by atoms with van der Waals surface area (Å²) < 4.78 is 0. The number of hydrogen-bond donors (Lipinski definition) is 3. The zero-order chi connectivity index (χ0) is 20.8. The van der Waals surface area contributed by atoms with E-state index in [9.17, 15) is 9.59 Å². The first-order valence-corrected chi connectivity index (χ1v) is 10.5. The minimum Gasteiger partial charge on any atom is -0.344 e. The van der Waals surface area contributed by atoms with Gasteiger partial charge in [0.05, 0.1) is 16.6 Å².